The van der Waals surface area contributed by atoms with E-state index in [2.05, 4.69) is 59.8 Å². The number of nitrogens with one attached hydrogen (secondary N) is 2. The monoisotopic (exact) mass is 416 g/mol. The second-order valence-corrected chi connectivity index (χ2v) is 8.26. The Bertz CT molecular complexity index is 1070. The van der Waals surface area contributed by atoms with Crippen LogP contribution in [-0.2, 0) is 11.2 Å². The first-order valence-corrected chi connectivity index (χ1v) is 10.6. The zero-order chi connectivity index (χ0) is 21.5. The Labute approximate surface area is 181 Å². The van der Waals surface area contributed by atoms with Crippen molar-refractivity contribution in [2.45, 2.75) is 27.2 Å². The van der Waals surface area contributed by atoms with Crippen molar-refractivity contribution in [3.63, 3.8) is 0 Å². The van der Waals surface area contributed by atoms with Gasteiger partial charge >= 0.3 is 0 Å². The van der Waals surface area contributed by atoms with E-state index in [9.17, 15) is 10.1 Å². The van der Waals surface area contributed by atoms with Gasteiger partial charge in [-0.05, 0) is 42.2 Å². The average Bonchev–Trinajstić information content (AvgIpc) is 3.19. The Hall–Kier alpha value is -3.43. The summed E-state index contributed by atoms with van der Waals surface area (Å²) in [5, 5.41) is 18.0. The number of amides is 1. The lowest BCUT2D eigenvalue weighted by Gasteiger charge is -2.05. The minimum absolute atomic E-state index is 0.114. The number of nitriles is 1. The highest BCUT2D eigenvalue weighted by molar-refractivity contribution is 7.11. The van der Waals surface area contributed by atoms with E-state index >= 15 is 0 Å². The molecule has 1 aromatic heterocycles. The van der Waals surface area contributed by atoms with E-state index in [1.807, 2.05) is 17.5 Å². The SMILES string of the molecule is CC(=O)Nc1ccc(NC=C(C#N)c2nc(-c3ccc(CC(C)C)cc3)cs2)cc1. The summed E-state index contributed by atoms with van der Waals surface area (Å²) in [5.41, 5.74) is 5.23. The molecule has 30 heavy (non-hydrogen) atoms. The molecule has 0 spiro atoms. The van der Waals surface area contributed by atoms with Gasteiger partial charge in [0.25, 0.3) is 0 Å². The molecule has 0 fully saturated rings. The van der Waals surface area contributed by atoms with E-state index in [1.165, 1.54) is 23.8 Å². The van der Waals surface area contributed by atoms with Crippen LogP contribution in [0.15, 0.2) is 60.1 Å². The van der Waals surface area contributed by atoms with Crippen LogP contribution in [0.5, 0.6) is 0 Å². The minimum atomic E-state index is -0.114. The second kappa shape index (κ2) is 9.86. The van der Waals surface area contributed by atoms with Crippen LogP contribution in [0.2, 0.25) is 0 Å². The molecule has 0 aliphatic heterocycles. The van der Waals surface area contributed by atoms with Gasteiger partial charge in [-0.3, -0.25) is 4.79 Å². The number of benzene rings is 2. The van der Waals surface area contributed by atoms with Crippen molar-refractivity contribution >= 4 is 34.2 Å². The maximum Gasteiger partial charge on any atom is 0.221 e. The van der Waals surface area contributed by atoms with Gasteiger partial charge in [0.1, 0.15) is 16.6 Å². The highest BCUT2D eigenvalue weighted by atomic mass is 32.1. The van der Waals surface area contributed by atoms with Crippen LogP contribution in [0.4, 0.5) is 11.4 Å². The van der Waals surface area contributed by atoms with Crippen LogP contribution in [0.25, 0.3) is 16.8 Å². The van der Waals surface area contributed by atoms with E-state index in [-0.39, 0.29) is 5.91 Å². The van der Waals surface area contributed by atoms with Crippen LogP contribution < -0.4 is 10.6 Å². The predicted octanol–water partition coefficient (Wildman–Crippen LogP) is 5.94. The van der Waals surface area contributed by atoms with Gasteiger partial charge in [-0.1, -0.05) is 38.1 Å². The maximum absolute atomic E-state index is 11.1. The molecule has 152 valence electrons. The first kappa shape index (κ1) is 21.3. The van der Waals surface area contributed by atoms with Crippen molar-refractivity contribution < 1.29 is 4.79 Å². The Kier molecular flexibility index (Phi) is 6.99. The lowest BCUT2D eigenvalue weighted by molar-refractivity contribution is -0.114. The summed E-state index contributed by atoms with van der Waals surface area (Å²) in [6.07, 6.45) is 2.71. The zero-order valence-electron chi connectivity index (χ0n) is 17.3. The molecule has 3 aromatic rings. The topological polar surface area (TPSA) is 77.8 Å². The van der Waals surface area contributed by atoms with E-state index in [0.717, 1.165) is 29.1 Å². The quantitative estimate of drug-likeness (QED) is 0.467. The fourth-order valence-corrected chi connectivity index (χ4v) is 3.76. The van der Waals surface area contributed by atoms with Crippen LogP contribution in [-0.4, -0.2) is 10.9 Å². The minimum Gasteiger partial charge on any atom is -0.360 e. The third-order valence-corrected chi connectivity index (χ3v) is 5.21. The molecule has 0 atom stereocenters. The average molecular weight is 417 g/mol. The molecule has 2 N–H and O–H groups in total. The lowest BCUT2D eigenvalue weighted by Crippen LogP contribution is -2.05. The van der Waals surface area contributed by atoms with Gasteiger partial charge in [-0.15, -0.1) is 11.3 Å². The lowest BCUT2D eigenvalue weighted by atomic mass is 10.0. The van der Waals surface area contributed by atoms with Crippen molar-refractivity contribution in [2.75, 3.05) is 10.6 Å². The molecular weight excluding hydrogens is 392 g/mol. The van der Waals surface area contributed by atoms with Gasteiger partial charge in [0.05, 0.1) is 5.69 Å². The molecule has 3 rings (SSSR count). The van der Waals surface area contributed by atoms with Gasteiger partial charge in [0.15, 0.2) is 0 Å². The first-order valence-electron chi connectivity index (χ1n) is 9.74. The van der Waals surface area contributed by atoms with E-state index in [1.54, 1.807) is 18.3 Å². The number of carbonyl (C=O) groups is 1. The van der Waals surface area contributed by atoms with E-state index < -0.39 is 0 Å². The van der Waals surface area contributed by atoms with Gasteiger partial charge in [0.2, 0.25) is 5.91 Å². The number of allylic oxidation sites excluding steroid dienone is 1. The van der Waals surface area contributed by atoms with Crippen LogP contribution in [0, 0.1) is 17.2 Å². The van der Waals surface area contributed by atoms with Gasteiger partial charge < -0.3 is 10.6 Å². The Morgan fingerprint density at radius 2 is 1.80 bits per heavy atom. The number of hydrogen-bond acceptors (Lipinski definition) is 5. The molecule has 2 aromatic carbocycles. The number of anilines is 2. The van der Waals surface area contributed by atoms with Crippen molar-refractivity contribution in [1.29, 1.82) is 5.26 Å². The number of rotatable bonds is 7. The summed E-state index contributed by atoms with van der Waals surface area (Å²) >= 11 is 1.45. The number of thiazole rings is 1. The van der Waals surface area contributed by atoms with Crippen LogP contribution in [0.3, 0.4) is 0 Å². The molecule has 0 aliphatic rings. The van der Waals surface area contributed by atoms with Gasteiger partial charge in [-0.2, -0.15) is 5.26 Å². The Morgan fingerprint density at radius 1 is 1.13 bits per heavy atom. The number of nitrogens with zero attached hydrogens (tertiary/aromatic N) is 2. The second-order valence-electron chi connectivity index (χ2n) is 7.41. The molecule has 6 heteroatoms. The summed E-state index contributed by atoms with van der Waals surface area (Å²) in [5.74, 6) is 0.510. The molecule has 1 amide bonds. The van der Waals surface area contributed by atoms with Crippen molar-refractivity contribution in [2.24, 2.45) is 5.92 Å². The molecule has 1 heterocycles. The number of hydrogen-bond donors (Lipinski definition) is 2. The van der Waals surface area contributed by atoms with Gasteiger partial charge in [0, 0.05) is 35.4 Å². The van der Waals surface area contributed by atoms with Gasteiger partial charge in [-0.25, -0.2) is 4.98 Å². The Balaban J connectivity index is 1.71. The fourth-order valence-electron chi connectivity index (χ4n) is 2.96. The van der Waals surface area contributed by atoms with Crippen molar-refractivity contribution in [3.8, 4) is 17.3 Å². The first-order chi connectivity index (χ1) is 14.4. The summed E-state index contributed by atoms with van der Waals surface area (Å²) in [6, 6.07) is 17.9. The number of carbonyl (C=O) groups excluding carboxylic acids is 1. The molecule has 0 radical (unpaired) electrons. The molecule has 0 unspecified atom stereocenters. The largest absolute Gasteiger partial charge is 0.360 e. The smallest absolute Gasteiger partial charge is 0.221 e. The van der Waals surface area contributed by atoms with Crippen molar-refractivity contribution in [1.82, 2.24) is 4.98 Å². The summed E-state index contributed by atoms with van der Waals surface area (Å²) < 4.78 is 0. The molecule has 5 nitrogen and oxygen atoms in total. The molecule has 0 bridgehead atoms. The summed E-state index contributed by atoms with van der Waals surface area (Å²) in [7, 11) is 0. The summed E-state index contributed by atoms with van der Waals surface area (Å²) in [4.78, 5) is 15.7. The highest BCUT2D eigenvalue weighted by Crippen LogP contribution is 2.27. The highest BCUT2D eigenvalue weighted by Gasteiger charge is 2.09. The molecule has 0 aliphatic carbocycles. The Morgan fingerprint density at radius 3 is 2.40 bits per heavy atom. The standard InChI is InChI=1S/C24H24N4OS/c1-16(2)12-18-4-6-19(7-5-18)23-15-30-24(28-23)20(13-25)14-26-21-8-10-22(11-9-21)27-17(3)29/h4-11,14-16,26H,12H2,1-3H3,(H,27,29). The fraction of sp³-hybridized carbons (Fsp3) is 0.208. The number of aromatic nitrogens is 1. The van der Waals surface area contributed by atoms with E-state index in [4.69, 9.17) is 0 Å². The molecule has 0 saturated carbocycles. The molecule has 0 saturated heterocycles. The van der Waals surface area contributed by atoms with Crippen LogP contribution >= 0.6 is 11.3 Å². The van der Waals surface area contributed by atoms with Crippen molar-refractivity contribution in [3.05, 3.63) is 70.7 Å². The summed E-state index contributed by atoms with van der Waals surface area (Å²) in [6.45, 7) is 5.89. The molecular formula is C24H24N4OS. The zero-order valence-corrected chi connectivity index (χ0v) is 18.1. The third kappa shape index (κ3) is 5.79. The van der Waals surface area contributed by atoms with E-state index in [0.29, 0.717) is 16.5 Å². The predicted molar refractivity (Wildman–Crippen MR) is 124 cm³/mol. The normalized spacial score (nSPS) is 11.2. The third-order valence-electron chi connectivity index (χ3n) is 4.34. The maximum atomic E-state index is 11.1. The van der Waals surface area contributed by atoms with Crippen LogP contribution in [0.1, 0.15) is 31.3 Å².